The Morgan fingerprint density at radius 3 is 2.72 bits per heavy atom. The van der Waals surface area contributed by atoms with Gasteiger partial charge < -0.3 is 9.47 Å². The van der Waals surface area contributed by atoms with Crippen molar-refractivity contribution >= 4 is 5.91 Å². The van der Waals surface area contributed by atoms with Gasteiger partial charge in [0, 0.05) is 37.6 Å². The highest BCUT2D eigenvalue weighted by Gasteiger charge is 2.29. The van der Waals surface area contributed by atoms with Crippen LogP contribution in [0.25, 0.3) is 0 Å². The first-order valence-corrected chi connectivity index (χ1v) is 9.06. The molecule has 1 aromatic heterocycles. The Labute approximate surface area is 149 Å². The van der Waals surface area contributed by atoms with Crippen LogP contribution in [0.4, 0.5) is 0 Å². The van der Waals surface area contributed by atoms with Gasteiger partial charge in [-0.3, -0.25) is 9.59 Å². The average molecular weight is 338 g/mol. The van der Waals surface area contributed by atoms with Crippen molar-refractivity contribution in [3.8, 4) is 0 Å². The van der Waals surface area contributed by atoms with Crippen molar-refractivity contribution in [2.75, 3.05) is 6.54 Å². The number of rotatable bonds is 4. The van der Waals surface area contributed by atoms with Gasteiger partial charge >= 0.3 is 0 Å². The van der Waals surface area contributed by atoms with E-state index in [2.05, 4.69) is 31.2 Å². The van der Waals surface area contributed by atoms with Crippen molar-refractivity contribution in [2.45, 2.75) is 45.6 Å². The van der Waals surface area contributed by atoms with Crippen molar-refractivity contribution in [3.63, 3.8) is 0 Å². The number of hydrogen-bond donors (Lipinski definition) is 0. The van der Waals surface area contributed by atoms with E-state index in [1.54, 1.807) is 12.3 Å². The van der Waals surface area contributed by atoms with Crippen LogP contribution >= 0.6 is 0 Å². The summed E-state index contributed by atoms with van der Waals surface area (Å²) in [6.07, 6.45) is 5.37. The summed E-state index contributed by atoms with van der Waals surface area (Å²) < 4.78 is 1.84. The first-order chi connectivity index (χ1) is 12.0. The van der Waals surface area contributed by atoms with Crippen LogP contribution in [-0.2, 0) is 19.9 Å². The molecule has 2 aromatic rings. The second-order valence-corrected chi connectivity index (χ2v) is 6.97. The first kappa shape index (κ1) is 17.5. The number of benzene rings is 1. The molecule has 25 heavy (non-hydrogen) atoms. The van der Waals surface area contributed by atoms with Crippen LogP contribution in [0.2, 0.25) is 0 Å². The summed E-state index contributed by atoms with van der Waals surface area (Å²) in [5, 5.41) is 0. The summed E-state index contributed by atoms with van der Waals surface area (Å²) in [6.45, 7) is 4.63. The third-order valence-corrected chi connectivity index (χ3v) is 5.20. The lowest BCUT2D eigenvalue weighted by atomic mass is 9.87. The largest absolute Gasteiger partial charge is 0.354 e. The normalized spacial score (nSPS) is 16.4. The SMILES string of the molecule is CCCN(C(=O)c1cn(C)c(C)cc1=O)[C@@H]1CCc2ccccc2C1. The maximum atomic E-state index is 13.1. The number of nitrogens with zero attached hydrogens (tertiary/aromatic N) is 2. The van der Waals surface area contributed by atoms with Crippen molar-refractivity contribution in [3.05, 3.63) is 69.1 Å². The summed E-state index contributed by atoms with van der Waals surface area (Å²) in [5.41, 5.74) is 3.66. The number of carbonyl (C=O) groups excluding carboxylic acids is 1. The Kier molecular flexibility index (Phi) is 5.07. The van der Waals surface area contributed by atoms with Gasteiger partial charge in [-0.1, -0.05) is 31.2 Å². The predicted octanol–water partition coefficient (Wildman–Crippen LogP) is 3.10. The second kappa shape index (κ2) is 7.26. The molecule has 0 fully saturated rings. The Hall–Kier alpha value is -2.36. The van der Waals surface area contributed by atoms with Gasteiger partial charge in [0.15, 0.2) is 5.43 Å². The Balaban J connectivity index is 1.90. The number of pyridine rings is 1. The van der Waals surface area contributed by atoms with Crippen LogP contribution < -0.4 is 5.43 Å². The highest BCUT2D eigenvalue weighted by atomic mass is 16.2. The molecule has 0 saturated heterocycles. The molecular weight excluding hydrogens is 312 g/mol. The lowest BCUT2D eigenvalue weighted by Crippen LogP contribution is -2.45. The van der Waals surface area contributed by atoms with Crippen LogP contribution in [0.3, 0.4) is 0 Å². The second-order valence-electron chi connectivity index (χ2n) is 6.97. The number of carbonyl (C=O) groups is 1. The fourth-order valence-electron chi connectivity index (χ4n) is 3.68. The molecule has 0 radical (unpaired) electrons. The fourth-order valence-corrected chi connectivity index (χ4v) is 3.68. The molecule has 1 amide bonds. The van der Waals surface area contributed by atoms with E-state index in [9.17, 15) is 9.59 Å². The van der Waals surface area contributed by atoms with Crippen LogP contribution in [-0.4, -0.2) is 28.0 Å². The lowest BCUT2D eigenvalue weighted by molar-refractivity contribution is 0.0659. The van der Waals surface area contributed by atoms with E-state index in [0.29, 0.717) is 6.54 Å². The highest BCUT2D eigenvalue weighted by molar-refractivity contribution is 5.94. The summed E-state index contributed by atoms with van der Waals surface area (Å²) >= 11 is 0. The van der Waals surface area contributed by atoms with Crippen LogP contribution in [0.15, 0.2) is 41.3 Å². The third-order valence-electron chi connectivity index (χ3n) is 5.20. The van der Waals surface area contributed by atoms with E-state index in [1.807, 2.05) is 23.4 Å². The topological polar surface area (TPSA) is 42.3 Å². The predicted molar refractivity (Wildman–Crippen MR) is 100 cm³/mol. The van der Waals surface area contributed by atoms with E-state index in [0.717, 1.165) is 31.4 Å². The van der Waals surface area contributed by atoms with Gasteiger partial charge in [-0.15, -0.1) is 0 Å². The molecular formula is C21H26N2O2. The minimum Gasteiger partial charge on any atom is -0.354 e. The average Bonchev–Trinajstić information content (AvgIpc) is 2.62. The zero-order valence-corrected chi connectivity index (χ0v) is 15.3. The minimum absolute atomic E-state index is 0.133. The molecule has 4 nitrogen and oxygen atoms in total. The van der Waals surface area contributed by atoms with E-state index in [4.69, 9.17) is 0 Å². The molecule has 1 aliphatic carbocycles. The van der Waals surface area contributed by atoms with Crippen molar-refractivity contribution in [2.24, 2.45) is 7.05 Å². The van der Waals surface area contributed by atoms with Gasteiger partial charge in [0.25, 0.3) is 5.91 Å². The molecule has 0 bridgehead atoms. The monoisotopic (exact) mass is 338 g/mol. The first-order valence-electron chi connectivity index (χ1n) is 9.06. The quantitative estimate of drug-likeness (QED) is 0.860. The van der Waals surface area contributed by atoms with E-state index >= 15 is 0 Å². The third kappa shape index (κ3) is 3.53. The molecule has 1 aliphatic rings. The summed E-state index contributed by atoms with van der Waals surface area (Å²) in [4.78, 5) is 27.4. The van der Waals surface area contributed by atoms with E-state index < -0.39 is 0 Å². The van der Waals surface area contributed by atoms with E-state index in [1.165, 1.54) is 11.1 Å². The summed E-state index contributed by atoms with van der Waals surface area (Å²) in [5.74, 6) is -0.133. The molecule has 132 valence electrons. The molecule has 0 aliphatic heterocycles. The maximum Gasteiger partial charge on any atom is 0.259 e. The van der Waals surface area contributed by atoms with Gasteiger partial charge in [0.1, 0.15) is 5.56 Å². The Morgan fingerprint density at radius 1 is 1.28 bits per heavy atom. The molecule has 0 unspecified atom stereocenters. The van der Waals surface area contributed by atoms with Crippen LogP contribution in [0, 0.1) is 6.92 Å². The number of aryl methyl sites for hydroxylation is 3. The fraction of sp³-hybridized carbons (Fsp3) is 0.429. The molecule has 1 heterocycles. The van der Waals surface area contributed by atoms with Gasteiger partial charge in [-0.2, -0.15) is 0 Å². The molecule has 1 atom stereocenters. The van der Waals surface area contributed by atoms with Gasteiger partial charge in [-0.25, -0.2) is 0 Å². The van der Waals surface area contributed by atoms with E-state index in [-0.39, 0.29) is 22.9 Å². The lowest BCUT2D eigenvalue weighted by Gasteiger charge is -2.35. The van der Waals surface area contributed by atoms with Crippen LogP contribution in [0.1, 0.15) is 46.9 Å². The molecule has 0 N–H and O–H groups in total. The molecule has 4 heteroatoms. The summed E-state index contributed by atoms with van der Waals surface area (Å²) in [6, 6.07) is 10.2. The Bertz CT molecular complexity index is 838. The van der Waals surface area contributed by atoms with Crippen molar-refractivity contribution in [1.82, 2.24) is 9.47 Å². The van der Waals surface area contributed by atoms with Crippen molar-refractivity contribution in [1.29, 1.82) is 0 Å². The number of fused-ring (bicyclic) bond motifs is 1. The smallest absolute Gasteiger partial charge is 0.259 e. The van der Waals surface area contributed by atoms with Gasteiger partial charge in [0.05, 0.1) is 0 Å². The van der Waals surface area contributed by atoms with Gasteiger partial charge in [-0.05, 0) is 43.7 Å². The minimum atomic E-state index is -0.182. The van der Waals surface area contributed by atoms with Crippen molar-refractivity contribution < 1.29 is 4.79 Å². The molecule has 0 spiro atoms. The zero-order valence-electron chi connectivity index (χ0n) is 15.3. The van der Waals surface area contributed by atoms with Gasteiger partial charge in [0.2, 0.25) is 0 Å². The molecule has 0 saturated carbocycles. The number of amides is 1. The maximum absolute atomic E-state index is 13.1. The number of aromatic nitrogens is 1. The Morgan fingerprint density at radius 2 is 2.00 bits per heavy atom. The highest BCUT2D eigenvalue weighted by Crippen LogP contribution is 2.25. The number of hydrogen-bond acceptors (Lipinski definition) is 2. The molecule has 3 rings (SSSR count). The molecule has 1 aromatic carbocycles. The summed E-state index contributed by atoms with van der Waals surface area (Å²) in [7, 11) is 1.87. The zero-order chi connectivity index (χ0) is 18.0. The van der Waals surface area contributed by atoms with Crippen LogP contribution in [0.5, 0.6) is 0 Å². The standard InChI is InChI=1S/C21H26N2O2/c1-4-11-23(18-10-9-16-7-5-6-8-17(16)13-18)21(25)19-14-22(3)15(2)12-20(19)24/h5-8,12,14,18H,4,9-11,13H2,1-3H3/t18-/m1/s1.